The maximum Gasteiger partial charge on any atom is 0.263 e. The number of nitrogens with two attached hydrogens (primary N) is 1. The van der Waals surface area contributed by atoms with E-state index in [1.807, 2.05) is 0 Å². The van der Waals surface area contributed by atoms with E-state index in [9.17, 15) is 8.42 Å². The third-order valence-electron chi connectivity index (χ3n) is 2.72. The first-order valence-corrected chi connectivity index (χ1v) is 7.43. The summed E-state index contributed by atoms with van der Waals surface area (Å²) in [5.74, 6) is 0. The fourth-order valence-corrected chi connectivity index (χ4v) is 3.09. The van der Waals surface area contributed by atoms with Gasteiger partial charge in [-0.15, -0.1) is 0 Å². The molecule has 0 bridgehead atoms. The molecule has 2 aromatic rings. The van der Waals surface area contributed by atoms with Crippen LogP contribution in [0.1, 0.15) is 5.69 Å². The lowest BCUT2D eigenvalue weighted by atomic mass is 10.3. The Kier molecular flexibility index (Phi) is 3.84. The van der Waals surface area contributed by atoms with Crippen molar-refractivity contribution in [3.05, 3.63) is 47.2 Å². The predicted molar refractivity (Wildman–Crippen MR) is 75.6 cm³/mol. The van der Waals surface area contributed by atoms with Gasteiger partial charge in [-0.2, -0.15) is 0 Å². The third-order valence-corrected chi connectivity index (χ3v) is 4.38. The minimum absolute atomic E-state index is 0.162. The molecule has 7 heteroatoms. The highest BCUT2D eigenvalue weighted by Gasteiger charge is 2.18. The predicted octanol–water partition coefficient (Wildman–Crippen LogP) is 1.94. The van der Waals surface area contributed by atoms with E-state index in [4.69, 9.17) is 17.3 Å². The van der Waals surface area contributed by atoms with Crippen LogP contribution in [-0.2, 0) is 23.6 Å². The number of nitrogens with zero attached hydrogens (tertiary/aromatic N) is 1. The van der Waals surface area contributed by atoms with Crippen LogP contribution in [0.3, 0.4) is 0 Å². The Bertz CT molecular complexity index is 695. The zero-order valence-electron chi connectivity index (χ0n) is 10.3. The van der Waals surface area contributed by atoms with Crippen molar-refractivity contribution in [2.24, 2.45) is 12.8 Å². The van der Waals surface area contributed by atoms with Gasteiger partial charge in [0.25, 0.3) is 10.0 Å². The molecule has 0 amide bonds. The number of hydrogen-bond acceptors (Lipinski definition) is 3. The molecule has 5 nitrogen and oxygen atoms in total. The van der Waals surface area contributed by atoms with Crippen LogP contribution in [0.25, 0.3) is 0 Å². The summed E-state index contributed by atoms with van der Waals surface area (Å²) in [6.07, 6.45) is 1.52. The highest BCUT2D eigenvalue weighted by molar-refractivity contribution is 7.92. The molecule has 1 heterocycles. The Balaban J connectivity index is 2.35. The van der Waals surface area contributed by atoms with Crippen LogP contribution >= 0.6 is 11.6 Å². The van der Waals surface area contributed by atoms with Gasteiger partial charge < -0.3 is 10.3 Å². The number of para-hydroxylation sites is 1. The van der Waals surface area contributed by atoms with E-state index < -0.39 is 10.0 Å². The number of sulfonamides is 1. The van der Waals surface area contributed by atoms with Crippen molar-refractivity contribution in [2.45, 2.75) is 11.4 Å². The minimum atomic E-state index is -3.66. The first-order chi connectivity index (χ1) is 8.94. The van der Waals surface area contributed by atoms with Gasteiger partial charge in [0.05, 0.1) is 10.7 Å². The largest absolute Gasteiger partial charge is 0.352 e. The summed E-state index contributed by atoms with van der Waals surface area (Å²) in [5, 5.41) is 0.348. The maximum atomic E-state index is 12.2. The van der Waals surface area contributed by atoms with E-state index in [0.717, 1.165) is 5.69 Å². The molecule has 0 radical (unpaired) electrons. The summed E-state index contributed by atoms with van der Waals surface area (Å²) in [7, 11) is -1.91. The number of hydrogen-bond donors (Lipinski definition) is 2. The lowest BCUT2D eigenvalue weighted by Crippen LogP contribution is -2.12. The molecule has 0 spiro atoms. The summed E-state index contributed by atoms with van der Waals surface area (Å²) in [5.41, 5.74) is 6.61. The van der Waals surface area contributed by atoms with E-state index in [2.05, 4.69) is 4.72 Å². The lowest BCUT2D eigenvalue weighted by molar-refractivity contribution is 0.601. The minimum Gasteiger partial charge on any atom is -0.352 e. The highest BCUT2D eigenvalue weighted by atomic mass is 35.5. The van der Waals surface area contributed by atoms with Gasteiger partial charge in [0.2, 0.25) is 0 Å². The van der Waals surface area contributed by atoms with Crippen molar-refractivity contribution in [1.29, 1.82) is 0 Å². The molecular weight excluding hydrogens is 286 g/mol. The van der Waals surface area contributed by atoms with Crippen LogP contribution in [0.5, 0.6) is 0 Å². The van der Waals surface area contributed by atoms with Crippen molar-refractivity contribution >= 4 is 27.3 Å². The second-order valence-corrected chi connectivity index (χ2v) is 6.16. The molecule has 0 saturated heterocycles. The molecule has 3 N–H and O–H groups in total. The van der Waals surface area contributed by atoms with E-state index in [1.165, 1.54) is 6.20 Å². The summed E-state index contributed by atoms with van der Waals surface area (Å²) in [4.78, 5) is 0.162. The molecule has 0 unspecified atom stereocenters. The molecule has 1 aromatic carbocycles. The quantitative estimate of drug-likeness (QED) is 0.905. The average Bonchev–Trinajstić information content (AvgIpc) is 2.74. The number of benzene rings is 1. The normalized spacial score (nSPS) is 11.5. The monoisotopic (exact) mass is 299 g/mol. The number of halogens is 1. The lowest BCUT2D eigenvalue weighted by Gasteiger charge is -2.07. The molecule has 0 aliphatic heterocycles. The Hall–Kier alpha value is -1.50. The first kappa shape index (κ1) is 13.9. The SMILES string of the molecule is Cn1cc(S(=O)(=O)Nc2ccccc2Cl)cc1CN. The van der Waals surface area contributed by atoms with Crippen molar-refractivity contribution in [1.82, 2.24) is 4.57 Å². The number of nitrogens with one attached hydrogen (secondary N) is 1. The molecule has 1 aromatic heterocycles. The van der Waals surface area contributed by atoms with Crippen LogP contribution in [0.15, 0.2) is 41.4 Å². The van der Waals surface area contributed by atoms with Crippen molar-refractivity contribution < 1.29 is 8.42 Å². The second-order valence-electron chi connectivity index (χ2n) is 4.07. The van der Waals surface area contributed by atoms with Crippen molar-refractivity contribution in [2.75, 3.05) is 4.72 Å². The Morgan fingerprint density at radius 2 is 2.05 bits per heavy atom. The van der Waals surface area contributed by atoms with Gasteiger partial charge in [-0.1, -0.05) is 23.7 Å². The van der Waals surface area contributed by atoms with Crippen LogP contribution in [-0.4, -0.2) is 13.0 Å². The summed E-state index contributed by atoms with van der Waals surface area (Å²) < 4.78 is 28.6. The molecule has 0 saturated carbocycles. The topological polar surface area (TPSA) is 77.1 Å². The average molecular weight is 300 g/mol. The van der Waals surface area contributed by atoms with Gasteiger partial charge in [-0.05, 0) is 18.2 Å². The Morgan fingerprint density at radius 1 is 1.37 bits per heavy atom. The number of aryl methyl sites for hydroxylation is 1. The summed E-state index contributed by atoms with van der Waals surface area (Å²) in [6.45, 7) is 0.276. The fraction of sp³-hybridized carbons (Fsp3) is 0.167. The Labute approximate surface area is 117 Å². The van der Waals surface area contributed by atoms with Crippen LogP contribution in [0, 0.1) is 0 Å². The fourth-order valence-electron chi connectivity index (χ4n) is 1.67. The second kappa shape index (κ2) is 5.24. The molecule has 2 rings (SSSR count). The zero-order chi connectivity index (χ0) is 14.0. The molecule has 102 valence electrons. The smallest absolute Gasteiger partial charge is 0.263 e. The van der Waals surface area contributed by atoms with Gasteiger partial charge in [0.15, 0.2) is 0 Å². The van der Waals surface area contributed by atoms with Crippen LogP contribution in [0.4, 0.5) is 5.69 Å². The third kappa shape index (κ3) is 2.91. The molecule has 19 heavy (non-hydrogen) atoms. The van der Waals surface area contributed by atoms with E-state index in [-0.39, 0.29) is 11.4 Å². The summed E-state index contributed by atoms with van der Waals surface area (Å²) in [6, 6.07) is 8.21. The van der Waals surface area contributed by atoms with Gasteiger partial charge in [-0.25, -0.2) is 8.42 Å². The highest BCUT2D eigenvalue weighted by Crippen LogP contribution is 2.24. The maximum absolute atomic E-state index is 12.2. The number of anilines is 1. The van der Waals surface area contributed by atoms with E-state index in [0.29, 0.717) is 10.7 Å². The molecule has 0 fully saturated rings. The molecular formula is C12H14ClN3O2S. The Morgan fingerprint density at radius 3 is 2.63 bits per heavy atom. The van der Waals surface area contributed by atoms with Crippen LogP contribution in [0.2, 0.25) is 5.02 Å². The number of rotatable bonds is 4. The molecule has 0 atom stereocenters. The standard InChI is InChI=1S/C12H14ClN3O2S/c1-16-8-10(6-9(16)7-14)19(17,18)15-12-5-3-2-4-11(12)13/h2-6,8,15H,7,14H2,1H3. The molecule has 0 aliphatic rings. The number of aromatic nitrogens is 1. The van der Waals surface area contributed by atoms with E-state index in [1.54, 1.807) is 41.9 Å². The van der Waals surface area contributed by atoms with Gasteiger partial charge in [-0.3, -0.25) is 4.72 Å². The van der Waals surface area contributed by atoms with E-state index >= 15 is 0 Å². The van der Waals surface area contributed by atoms with Gasteiger partial charge >= 0.3 is 0 Å². The zero-order valence-corrected chi connectivity index (χ0v) is 11.9. The van der Waals surface area contributed by atoms with Crippen molar-refractivity contribution in [3.63, 3.8) is 0 Å². The van der Waals surface area contributed by atoms with Crippen molar-refractivity contribution in [3.8, 4) is 0 Å². The van der Waals surface area contributed by atoms with Crippen LogP contribution < -0.4 is 10.5 Å². The van der Waals surface area contributed by atoms with Gasteiger partial charge in [0.1, 0.15) is 4.90 Å². The molecule has 0 aliphatic carbocycles. The summed E-state index contributed by atoms with van der Waals surface area (Å²) >= 11 is 5.93. The van der Waals surface area contributed by atoms with Gasteiger partial charge in [0, 0.05) is 25.5 Å². The first-order valence-electron chi connectivity index (χ1n) is 5.56.